The van der Waals surface area contributed by atoms with Crippen molar-refractivity contribution in [1.82, 2.24) is 0 Å². The summed E-state index contributed by atoms with van der Waals surface area (Å²) >= 11 is 0. The van der Waals surface area contributed by atoms with Crippen molar-refractivity contribution in [2.45, 2.75) is 84.3 Å². The molecule has 1 rings (SSSR count). The molecule has 0 bridgehead atoms. The Morgan fingerprint density at radius 3 is 2.08 bits per heavy atom. The van der Waals surface area contributed by atoms with E-state index in [1.165, 1.54) is 44.9 Å². The van der Waals surface area contributed by atoms with Gasteiger partial charge < -0.3 is 4.74 Å². The van der Waals surface area contributed by atoms with Crippen LogP contribution in [0.4, 0.5) is 0 Å². The summed E-state index contributed by atoms with van der Waals surface area (Å²) < 4.78 is 7.53. The number of aryl methyl sites for hydroxylation is 1. The van der Waals surface area contributed by atoms with Crippen LogP contribution >= 0.6 is 0 Å². The average molecular weight is 333 g/mol. The maximum atomic E-state index is 11.4. The number of pyridine rings is 1. The van der Waals surface area contributed by atoms with E-state index in [1.54, 1.807) is 6.92 Å². The summed E-state index contributed by atoms with van der Waals surface area (Å²) in [4.78, 5) is 11.4. The molecule has 0 saturated carbocycles. The Morgan fingerprint density at radius 2 is 1.50 bits per heavy atom. The number of rotatable bonds is 13. The van der Waals surface area contributed by atoms with E-state index >= 15 is 0 Å². The Kier molecular flexibility index (Phi) is 10.8. The van der Waals surface area contributed by atoms with Crippen LogP contribution in [-0.4, -0.2) is 12.1 Å². The highest BCUT2D eigenvalue weighted by Gasteiger charge is 2.09. The summed E-state index contributed by atoms with van der Waals surface area (Å²) in [5.74, 6) is -0.267. The molecule has 0 aliphatic heterocycles. The Hall–Kier alpha value is -1.64. The SMILES string of the molecule is C=C(C)C(=O)OC(C)CCCCCCCCCC[n+]1ccccc1. The van der Waals surface area contributed by atoms with Crippen molar-refractivity contribution in [1.29, 1.82) is 0 Å². The van der Waals surface area contributed by atoms with Crippen LogP contribution in [0.1, 0.15) is 71.6 Å². The third kappa shape index (κ3) is 10.2. The molecule has 1 atom stereocenters. The van der Waals surface area contributed by atoms with E-state index in [-0.39, 0.29) is 12.1 Å². The lowest BCUT2D eigenvalue weighted by Crippen LogP contribution is -2.32. The van der Waals surface area contributed by atoms with E-state index in [2.05, 4.69) is 41.7 Å². The zero-order valence-electron chi connectivity index (χ0n) is 15.5. The second-order valence-corrected chi connectivity index (χ2v) is 6.73. The van der Waals surface area contributed by atoms with Gasteiger partial charge in [0.15, 0.2) is 12.4 Å². The number of esters is 1. The molecule has 0 aromatic carbocycles. The maximum absolute atomic E-state index is 11.4. The lowest BCUT2D eigenvalue weighted by atomic mass is 10.1. The van der Waals surface area contributed by atoms with Gasteiger partial charge in [0, 0.05) is 24.1 Å². The molecule has 0 saturated heterocycles. The number of aromatic nitrogens is 1. The number of hydrogen-bond acceptors (Lipinski definition) is 2. The third-order valence-corrected chi connectivity index (χ3v) is 4.21. The molecule has 0 N–H and O–H groups in total. The predicted molar refractivity (Wildman–Crippen MR) is 98.6 cm³/mol. The number of unbranched alkanes of at least 4 members (excludes halogenated alkanes) is 7. The van der Waals surface area contributed by atoms with Gasteiger partial charge in [-0.3, -0.25) is 0 Å². The molecular weight excluding hydrogens is 298 g/mol. The van der Waals surface area contributed by atoms with Gasteiger partial charge in [-0.15, -0.1) is 0 Å². The van der Waals surface area contributed by atoms with Gasteiger partial charge in [-0.25, -0.2) is 9.36 Å². The van der Waals surface area contributed by atoms with E-state index in [0.29, 0.717) is 5.57 Å². The minimum Gasteiger partial charge on any atom is -0.459 e. The molecule has 1 unspecified atom stereocenters. The zero-order valence-corrected chi connectivity index (χ0v) is 15.5. The summed E-state index contributed by atoms with van der Waals surface area (Å²) in [6.07, 6.45) is 15.4. The standard InChI is InChI=1S/C21H34NO2/c1-19(2)21(23)24-20(3)15-11-8-6-4-5-7-9-12-16-22-17-13-10-14-18-22/h10,13-14,17-18,20H,1,4-9,11-12,15-16H2,2-3H3/q+1. The first-order valence-corrected chi connectivity index (χ1v) is 9.40. The highest BCUT2D eigenvalue weighted by Crippen LogP contribution is 2.12. The smallest absolute Gasteiger partial charge is 0.333 e. The monoisotopic (exact) mass is 332 g/mol. The first-order valence-electron chi connectivity index (χ1n) is 9.40. The Bertz CT molecular complexity index is 470. The molecule has 0 aliphatic carbocycles. The molecule has 0 amide bonds. The molecule has 0 spiro atoms. The van der Waals surface area contributed by atoms with Crippen molar-refractivity contribution in [2.75, 3.05) is 0 Å². The molecule has 24 heavy (non-hydrogen) atoms. The minimum atomic E-state index is -0.267. The van der Waals surface area contributed by atoms with Crippen molar-refractivity contribution < 1.29 is 14.1 Å². The number of carbonyl (C=O) groups is 1. The van der Waals surface area contributed by atoms with Gasteiger partial charge in [-0.2, -0.15) is 0 Å². The van der Waals surface area contributed by atoms with Crippen LogP contribution in [0.25, 0.3) is 0 Å². The van der Waals surface area contributed by atoms with E-state index in [1.807, 2.05) is 6.92 Å². The number of nitrogens with zero attached hydrogens (tertiary/aromatic N) is 1. The number of ether oxygens (including phenoxy) is 1. The van der Waals surface area contributed by atoms with Gasteiger partial charge >= 0.3 is 5.97 Å². The van der Waals surface area contributed by atoms with Crippen molar-refractivity contribution in [3.05, 3.63) is 42.7 Å². The Labute approximate surface area is 147 Å². The van der Waals surface area contributed by atoms with Gasteiger partial charge in [0.1, 0.15) is 6.54 Å². The average Bonchev–Trinajstić information content (AvgIpc) is 2.57. The summed E-state index contributed by atoms with van der Waals surface area (Å²) in [5, 5.41) is 0. The van der Waals surface area contributed by atoms with Crippen LogP contribution in [-0.2, 0) is 16.1 Å². The fourth-order valence-electron chi connectivity index (χ4n) is 2.71. The minimum absolute atomic E-state index is 0.00434. The number of carbonyl (C=O) groups excluding carboxylic acids is 1. The van der Waals surface area contributed by atoms with Crippen LogP contribution in [0.3, 0.4) is 0 Å². The molecule has 0 aliphatic rings. The van der Waals surface area contributed by atoms with Gasteiger partial charge in [-0.1, -0.05) is 44.7 Å². The Morgan fingerprint density at radius 1 is 0.958 bits per heavy atom. The van der Waals surface area contributed by atoms with Gasteiger partial charge in [0.25, 0.3) is 0 Å². The van der Waals surface area contributed by atoms with Crippen molar-refractivity contribution in [3.63, 3.8) is 0 Å². The molecule has 3 heteroatoms. The Balaban J connectivity index is 1.87. The molecular formula is C21H34NO2+. The highest BCUT2D eigenvalue weighted by atomic mass is 16.5. The first kappa shape index (κ1) is 20.4. The fraction of sp³-hybridized carbons (Fsp3) is 0.619. The molecule has 0 radical (unpaired) electrons. The maximum Gasteiger partial charge on any atom is 0.333 e. The summed E-state index contributed by atoms with van der Waals surface area (Å²) in [5.41, 5.74) is 0.479. The lowest BCUT2D eigenvalue weighted by molar-refractivity contribution is -0.697. The predicted octanol–water partition coefficient (Wildman–Crippen LogP) is 4.99. The van der Waals surface area contributed by atoms with E-state index in [4.69, 9.17) is 4.74 Å². The van der Waals surface area contributed by atoms with Gasteiger partial charge in [-0.05, 0) is 33.1 Å². The molecule has 0 fully saturated rings. The third-order valence-electron chi connectivity index (χ3n) is 4.21. The van der Waals surface area contributed by atoms with Gasteiger partial charge in [0.2, 0.25) is 0 Å². The van der Waals surface area contributed by atoms with Crippen LogP contribution in [0.2, 0.25) is 0 Å². The van der Waals surface area contributed by atoms with Crippen LogP contribution < -0.4 is 4.57 Å². The topological polar surface area (TPSA) is 30.2 Å². The molecule has 1 aromatic heterocycles. The summed E-state index contributed by atoms with van der Waals surface area (Å²) in [7, 11) is 0. The largest absolute Gasteiger partial charge is 0.459 e. The van der Waals surface area contributed by atoms with E-state index < -0.39 is 0 Å². The lowest BCUT2D eigenvalue weighted by Gasteiger charge is -2.12. The second kappa shape index (κ2) is 12.7. The van der Waals surface area contributed by atoms with Crippen LogP contribution in [0.5, 0.6) is 0 Å². The van der Waals surface area contributed by atoms with Crippen molar-refractivity contribution in [3.8, 4) is 0 Å². The molecule has 3 nitrogen and oxygen atoms in total. The highest BCUT2D eigenvalue weighted by molar-refractivity contribution is 5.87. The van der Waals surface area contributed by atoms with Gasteiger partial charge in [0.05, 0.1) is 6.10 Å². The normalized spacial score (nSPS) is 11.9. The quantitative estimate of drug-likeness (QED) is 0.220. The van der Waals surface area contributed by atoms with E-state index in [0.717, 1.165) is 19.4 Å². The van der Waals surface area contributed by atoms with Crippen LogP contribution in [0.15, 0.2) is 42.7 Å². The molecule has 1 heterocycles. The number of hydrogen-bond donors (Lipinski definition) is 0. The fourth-order valence-corrected chi connectivity index (χ4v) is 2.71. The zero-order chi connectivity index (χ0) is 17.6. The molecule has 1 aromatic rings. The second-order valence-electron chi connectivity index (χ2n) is 6.73. The molecule has 134 valence electrons. The summed E-state index contributed by atoms with van der Waals surface area (Å²) in [6, 6.07) is 6.22. The van der Waals surface area contributed by atoms with Crippen LogP contribution in [0, 0.1) is 0 Å². The van der Waals surface area contributed by atoms with E-state index in [9.17, 15) is 4.79 Å². The first-order chi connectivity index (χ1) is 11.6. The summed E-state index contributed by atoms with van der Waals surface area (Å²) in [6.45, 7) is 8.38. The van der Waals surface area contributed by atoms with Crippen molar-refractivity contribution >= 4 is 5.97 Å². The van der Waals surface area contributed by atoms with Crippen molar-refractivity contribution in [2.24, 2.45) is 0 Å².